The topological polar surface area (TPSA) is 115 Å². The maximum atomic E-state index is 12.6. The third-order valence-electron chi connectivity index (χ3n) is 6.73. The summed E-state index contributed by atoms with van der Waals surface area (Å²) < 4.78 is 13.3. The van der Waals surface area contributed by atoms with Gasteiger partial charge in [-0.25, -0.2) is 15.0 Å². The van der Waals surface area contributed by atoms with E-state index in [2.05, 4.69) is 26.3 Å². The molecular weight excluding hydrogens is 500 g/mol. The molecular formula is C28H30N6O3S. The SMILES string of the molecule is CN(C)CCOc1cc(-c2ccnc(N)n2)cc2sc(C3COc4ccc(C(=O)NC5CC5)cc4C3)nc12. The van der Waals surface area contributed by atoms with Crippen molar-refractivity contribution in [2.45, 2.75) is 31.2 Å². The van der Waals surface area contributed by atoms with Gasteiger partial charge in [0.15, 0.2) is 0 Å². The molecule has 38 heavy (non-hydrogen) atoms. The fraction of sp³-hybridized carbons (Fsp3) is 0.357. The molecule has 0 bridgehead atoms. The predicted molar refractivity (Wildman–Crippen MR) is 148 cm³/mol. The summed E-state index contributed by atoms with van der Waals surface area (Å²) >= 11 is 1.64. The van der Waals surface area contributed by atoms with Gasteiger partial charge >= 0.3 is 0 Å². The third-order valence-corrected chi connectivity index (χ3v) is 7.90. The summed E-state index contributed by atoms with van der Waals surface area (Å²) in [6.45, 7) is 1.86. The Labute approximate surface area is 225 Å². The van der Waals surface area contributed by atoms with Gasteiger partial charge in [-0.3, -0.25) is 4.79 Å². The van der Waals surface area contributed by atoms with E-state index < -0.39 is 0 Å². The van der Waals surface area contributed by atoms with Crippen LogP contribution in [0.1, 0.15) is 39.7 Å². The Morgan fingerprint density at radius 3 is 2.87 bits per heavy atom. The van der Waals surface area contributed by atoms with Crippen LogP contribution in [-0.2, 0) is 6.42 Å². The second-order valence-electron chi connectivity index (χ2n) is 10.1. The molecule has 1 amide bonds. The van der Waals surface area contributed by atoms with Crippen molar-refractivity contribution in [2.24, 2.45) is 0 Å². The van der Waals surface area contributed by atoms with E-state index >= 15 is 0 Å². The largest absolute Gasteiger partial charge is 0.493 e. The van der Waals surface area contributed by atoms with Crippen molar-refractivity contribution in [1.29, 1.82) is 0 Å². The van der Waals surface area contributed by atoms with Gasteiger partial charge in [0.1, 0.15) is 28.6 Å². The van der Waals surface area contributed by atoms with E-state index in [9.17, 15) is 4.79 Å². The number of likely N-dealkylation sites (N-methyl/N-ethyl adjacent to an activating group) is 1. The summed E-state index contributed by atoms with van der Waals surface area (Å²) in [6, 6.07) is 11.9. The quantitative estimate of drug-likeness (QED) is 0.353. The van der Waals surface area contributed by atoms with Crippen LogP contribution in [0.15, 0.2) is 42.6 Å². The van der Waals surface area contributed by atoms with Gasteiger partial charge in [-0.05, 0) is 75.3 Å². The monoisotopic (exact) mass is 530 g/mol. The number of thiazole rings is 1. The van der Waals surface area contributed by atoms with Crippen molar-refractivity contribution < 1.29 is 14.3 Å². The lowest BCUT2D eigenvalue weighted by Crippen LogP contribution is -2.26. The predicted octanol–water partition coefficient (Wildman–Crippen LogP) is 3.89. The standard InChI is InChI=1S/C28H30N6O3S/c1-34(2)9-10-36-23-13-17(21-7-8-30-28(29)32-21)14-24-25(23)33-27(38-24)19-12-18-11-16(3-6-22(18)37-15-19)26(35)31-20-4-5-20/h3,6-8,11,13-14,19-20H,4-5,9-10,12,15H2,1-2H3,(H,31,35)(H2,29,30,32). The van der Waals surface area contributed by atoms with Crippen LogP contribution in [0.4, 0.5) is 5.95 Å². The van der Waals surface area contributed by atoms with Gasteiger partial charge in [-0.15, -0.1) is 11.3 Å². The van der Waals surface area contributed by atoms with E-state index in [4.69, 9.17) is 20.2 Å². The first-order chi connectivity index (χ1) is 18.4. The van der Waals surface area contributed by atoms with Crippen molar-refractivity contribution >= 4 is 33.4 Å². The van der Waals surface area contributed by atoms with Gasteiger partial charge in [0.25, 0.3) is 5.91 Å². The Bertz CT molecular complexity index is 1500. The normalized spacial score (nSPS) is 16.8. The number of benzene rings is 2. The number of nitrogens with zero attached hydrogens (tertiary/aromatic N) is 4. The van der Waals surface area contributed by atoms with Crippen LogP contribution in [0.5, 0.6) is 11.5 Å². The molecule has 6 rings (SSSR count). The molecule has 1 atom stereocenters. The first kappa shape index (κ1) is 24.6. The fourth-order valence-electron chi connectivity index (χ4n) is 4.51. The number of aromatic nitrogens is 3. The molecule has 1 fully saturated rings. The lowest BCUT2D eigenvalue weighted by molar-refractivity contribution is 0.0951. The molecule has 0 saturated heterocycles. The molecule has 9 nitrogen and oxygen atoms in total. The molecule has 10 heteroatoms. The Morgan fingerprint density at radius 1 is 1.21 bits per heavy atom. The summed E-state index contributed by atoms with van der Waals surface area (Å²) in [7, 11) is 4.03. The van der Waals surface area contributed by atoms with Crippen LogP contribution in [-0.4, -0.2) is 65.7 Å². The summed E-state index contributed by atoms with van der Waals surface area (Å²) in [5, 5.41) is 4.05. The number of amides is 1. The molecule has 1 aliphatic heterocycles. The number of fused-ring (bicyclic) bond motifs is 2. The Kier molecular flexibility index (Phi) is 6.59. The molecule has 4 aromatic rings. The number of ether oxygens (including phenoxy) is 2. The highest BCUT2D eigenvalue weighted by Crippen LogP contribution is 2.40. The van der Waals surface area contributed by atoms with Gasteiger partial charge in [0.2, 0.25) is 5.95 Å². The molecule has 196 valence electrons. The molecule has 1 saturated carbocycles. The van der Waals surface area contributed by atoms with Crippen molar-refractivity contribution in [3.8, 4) is 22.8 Å². The summed E-state index contributed by atoms with van der Waals surface area (Å²) in [6.07, 6.45) is 4.54. The zero-order chi connectivity index (χ0) is 26.2. The fourth-order valence-corrected chi connectivity index (χ4v) is 5.62. The van der Waals surface area contributed by atoms with Gasteiger partial charge < -0.3 is 25.4 Å². The second kappa shape index (κ2) is 10.2. The molecule has 3 N–H and O–H groups in total. The maximum absolute atomic E-state index is 12.6. The molecule has 2 aliphatic rings. The Morgan fingerprint density at radius 2 is 2.08 bits per heavy atom. The molecule has 3 heterocycles. The molecule has 0 radical (unpaired) electrons. The van der Waals surface area contributed by atoms with Gasteiger partial charge in [-0.1, -0.05) is 0 Å². The van der Waals surface area contributed by atoms with Gasteiger partial charge in [0, 0.05) is 35.8 Å². The van der Waals surface area contributed by atoms with E-state index in [1.165, 1.54) is 0 Å². The number of hydrogen-bond acceptors (Lipinski definition) is 9. The van der Waals surface area contributed by atoms with E-state index in [0.29, 0.717) is 24.8 Å². The van der Waals surface area contributed by atoms with Crippen molar-refractivity contribution in [2.75, 3.05) is 39.6 Å². The maximum Gasteiger partial charge on any atom is 0.251 e. The van der Waals surface area contributed by atoms with Crippen LogP contribution in [0.2, 0.25) is 0 Å². The van der Waals surface area contributed by atoms with Crippen molar-refractivity contribution in [3.05, 3.63) is 58.7 Å². The minimum Gasteiger partial charge on any atom is -0.493 e. The van der Waals surface area contributed by atoms with Crippen LogP contribution in [0.25, 0.3) is 21.5 Å². The highest BCUT2D eigenvalue weighted by atomic mass is 32.1. The van der Waals surface area contributed by atoms with E-state index in [1.807, 2.05) is 44.4 Å². The number of anilines is 1. The first-order valence-electron chi connectivity index (χ1n) is 12.8. The number of nitrogens with two attached hydrogens (primary N) is 1. The average molecular weight is 531 g/mol. The number of nitrogens with one attached hydrogen (secondary N) is 1. The molecule has 0 spiro atoms. The van der Waals surface area contributed by atoms with E-state index in [-0.39, 0.29) is 17.8 Å². The lowest BCUT2D eigenvalue weighted by Gasteiger charge is -2.24. The highest BCUT2D eigenvalue weighted by Gasteiger charge is 2.28. The average Bonchev–Trinajstić information content (AvgIpc) is 3.61. The molecule has 1 unspecified atom stereocenters. The summed E-state index contributed by atoms with van der Waals surface area (Å²) in [5.74, 6) is 1.84. The second-order valence-corrected chi connectivity index (χ2v) is 11.2. The van der Waals surface area contributed by atoms with Gasteiger partial charge in [0.05, 0.1) is 17.0 Å². The zero-order valence-electron chi connectivity index (χ0n) is 21.4. The number of carbonyl (C=O) groups is 1. The van der Waals surface area contributed by atoms with E-state index in [0.717, 1.165) is 69.4 Å². The number of hydrogen-bond donors (Lipinski definition) is 2. The Balaban J connectivity index is 1.31. The molecule has 1 aliphatic carbocycles. The van der Waals surface area contributed by atoms with Crippen LogP contribution >= 0.6 is 11.3 Å². The van der Waals surface area contributed by atoms with Crippen molar-refractivity contribution in [1.82, 2.24) is 25.2 Å². The lowest BCUT2D eigenvalue weighted by atomic mass is 9.95. The molecule has 2 aromatic carbocycles. The number of carbonyl (C=O) groups excluding carboxylic acids is 1. The van der Waals surface area contributed by atoms with Crippen LogP contribution < -0.4 is 20.5 Å². The minimum atomic E-state index is -0.0187. The summed E-state index contributed by atoms with van der Waals surface area (Å²) in [5.41, 5.74) is 10.0. The summed E-state index contributed by atoms with van der Waals surface area (Å²) in [4.78, 5) is 28.1. The minimum absolute atomic E-state index is 0.0187. The van der Waals surface area contributed by atoms with E-state index in [1.54, 1.807) is 17.5 Å². The van der Waals surface area contributed by atoms with Gasteiger partial charge in [-0.2, -0.15) is 0 Å². The smallest absolute Gasteiger partial charge is 0.251 e. The Hall–Kier alpha value is -3.76. The third kappa shape index (κ3) is 5.27. The first-order valence-corrected chi connectivity index (χ1v) is 13.6. The zero-order valence-corrected chi connectivity index (χ0v) is 22.3. The molecule has 2 aromatic heterocycles. The van der Waals surface area contributed by atoms with Crippen molar-refractivity contribution in [3.63, 3.8) is 0 Å². The highest BCUT2D eigenvalue weighted by molar-refractivity contribution is 7.18. The number of nitrogen functional groups attached to an aromatic ring is 1. The van der Waals surface area contributed by atoms with Crippen LogP contribution in [0.3, 0.4) is 0 Å². The number of rotatable bonds is 8. The van der Waals surface area contributed by atoms with Crippen LogP contribution in [0, 0.1) is 0 Å².